The van der Waals surface area contributed by atoms with Gasteiger partial charge in [0.25, 0.3) is 5.91 Å². The predicted octanol–water partition coefficient (Wildman–Crippen LogP) is 4.50. The van der Waals surface area contributed by atoms with E-state index in [4.69, 9.17) is 14.4 Å². The molecule has 0 saturated heterocycles. The largest absolute Gasteiger partial charge is 0.484 e. The van der Waals surface area contributed by atoms with Gasteiger partial charge in [-0.1, -0.05) is 29.4 Å². The van der Waals surface area contributed by atoms with E-state index >= 15 is 0 Å². The molecule has 1 amide bonds. The minimum Gasteiger partial charge on any atom is -0.484 e. The SMILES string of the molecule is Cc1cc(C(=O)N[C@@H](C)[C@H](Oc2ccc(C(=O)O)cc2)c2ccc(C3CC3)cc2)no1. The average molecular weight is 420 g/mol. The molecule has 160 valence electrons. The molecule has 1 aliphatic rings. The maximum atomic E-state index is 12.6. The number of aryl methyl sites for hydroxylation is 1. The highest BCUT2D eigenvalue weighted by Gasteiger charge is 2.27. The lowest BCUT2D eigenvalue weighted by atomic mass is 10.00. The summed E-state index contributed by atoms with van der Waals surface area (Å²) in [7, 11) is 0. The number of ether oxygens (including phenoxy) is 1. The molecular weight excluding hydrogens is 396 g/mol. The number of carboxylic acids is 1. The van der Waals surface area contributed by atoms with Crippen LogP contribution in [0.15, 0.2) is 59.1 Å². The van der Waals surface area contributed by atoms with E-state index in [1.54, 1.807) is 25.1 Å². The van der Waals surface area contributed by atoms with Crippen molar-refractivity contribution in [3.63, 3.8) is 0 Å². The molecule has 4 rings (SSSR count). The standard InChI is InChI=1S/C24H24N2O5/c1-14-13-21(26-31-14)23(27)25-15(2)22(18-7-5-17(6-8-18)16-3-4-16)30-20-11-9-19(10-12-20)24(28)29/h5-13,15-16,22H,3-4H2,1-2H3,(H,25,27)(H,28,29)/t15-,22-/m0/s1. The van der Waals surface area contributed by atoms with Crippen molar-refractivity contribution in [2.24, 2.45) is 0 Å². The van der Waals surface area contributed by atoms with Gasteiger partial charge in [-0.3, -0.25) is 4.79 Å². The first-order chi connectivity index (χ1) is 14.9. The molecule has 0 unspecified atom stereocenters. The molecular formula is C24H24N2O5. The molecule has 2 aromatic carbocycles. The minimum atomic E-state index is -0.998. The van der Waals surface area contributed by atoms with Crippen molar-refractivity contribution < 1.29 is 24.0 Å². The number of nitrogens with one attached hydrogen (secondary N) is 1. The van der Waals surface area contributed by atoms with Crippen LogP contribution in [-0.2, 0) is 0 Å². The molecule has 2 atom stereocenters. The van der Waals surface area contributed by atoms with Gasteiger partial charge in [-0.25, -0.2) is 4.79 Å². The molecule has 0 spiro atoms. The van der Waals surface area contributed by atoms with Gasteiger partial charge in [0, 0.05) is 6.07 Å². The summed E-state index contributed by atoms with van der Waals surface area (Å²) >= 11 is 0. The zero-order valence-electron chi connectivity index (χ0n) is 17.4. The van der Waals surface area contributed by atoms with E-state index < -0.39 is 18.1 Å². The smallest absolute Gasteiger partial charge is 0.335 e. The van der Waals surface area contributed by atoms with Crippen molar-refractivity contribution in [2.45, 2.75) is 44.8 Å². The van der Waals surface area contributed by atoms with Crippen molar-refractivity contribution >= 4 is 11.9 Å². The first kappa shape index (κ1) is 20.7. The van der Waals surface area contributed by atoms with E-state index in [9.17, 15) is 9.59 Å². The van der Waals surface area contributed by atoms with Gasteiger partial charge < -0.3 is 19.7 Å². The second-order valence-electron chi connectivity index (χ2n) is 7.89. The fraction of sp³-hybridized carbons (Fsp3) is 0.292. The second kappa shape index (κ2) is 8.63. The van der Waals surface area contributed by atoms with Gasteiger partial charge in [0.05, 0.1) is 11.6 Å². The summed E-state index contributed by atoms with van der Waals surface area (Å²) in [4.78, 5) is 23.7. The van der Waals surface area contributed by atoms with E-state index in [1.165, 1.54) is 30.5 Å². The molecule has 7 heteroatoms. The number of benzene rings is 2. The number of carboxylic acid groups (broad SMARTS) is 1. The van der Waals surface area contributed by atoms with Crippen LogP contribution in [-0.4, -0.2) is 28.2 Å². The first-order valence-electron chi connectivity index (χ1n) is 10.2. The molecule has 1 fully saturated rings. The number of amides is 1. The number of nitrogens with zero attached hydrogens (tertiary/aromatic N) is 1. The van der Waals surface area contributed by atoms with E-state index in [0.717, 1.165) is 5.56 Å². The Morgan fingerprint density at radius 3 is 2.35 bits per heavy atom. The Hall–Kier alpha value is -3.61. The molecule has 7 nitrogen and oxygen atoms in total. The summed E-state index contributed by atoms with van der Waals surface area (Å²) in [6, 6.07) is 15.6. The van der Waals surface area contributed by atoms with E-state index in [1.807, 2.05) is 19.1 Å². The van der Waals surface area contributed by atoms with Crippen LogP contribution in [0.5, 0.6) is 5.75 Å². The fourth-order valence-corrected chi connectivity index (χ4v) is 3.49. The maximum absolute atomic E-state index is 12.6. The van der Waals surface area contributed by atoms with Gasteiger partial charge in [-0.15, -0.1) is 0 Å². The van der Waals surface area contributed by atoms with Crippen LogP contribution < -0.4 is 10.1 Å². The zero-order chi connectivity index (χ0) is 22.0. The van der Waals surface area contributed by atoms with Crippen LogP contribution in [0.3, 0.4) is 0 Å². The van der Waals surface area contributed by atoms with Crippen molar-refractivity contribution in [1.82, 2.24) is 10.5 Å². The molecule has 1 aliphatic carbocycles. The highest BCUT2D eigenvalue weighted by molar-refractivity contribution is 5.92. The van der Waals surface area contributed by atoms with E-state index in [0.29, 0.717) is 17.4 Å². The van der Waals surface area contributed by atoms with Gasteiger partial charge >= 0.3 is 5.97 Å². The lowest BCUT2D eigenvalue weighted by Gasteiger charge is -2.26. The maximum Gasteiger partial charge on any atom is 0.335 e. The van der Waals surface area contributed by atoms with Gasteiger partial charge in [-0.05, 0) is 68.0 Å². The van der Waals surface area contributed by atoms with Crippen LogP contribution >= 0.6 is 0 Å². The summed E-state index contributed by atoms with van der Waals surface area (Å²) in [5.41, 5.74) is 2.61. The Morgan fingerprint density at radius 2 is 1.81 bits per heavy atom. The Balaban J connectivity index is 1.56. The van der Waals surface area contributed by atoms with Crippen molar-refractivity contribution in [2.75, 3.05) is 0 Å². The number of rotatable bonds is 8. The molecule has 0 aliphatic heterocycles. The molecule has 31 heavy (non-hydrogen) atoms. The Morgan fingerprint density at radius 1 is 1.13 bits per heavy atom. The topological polar surface area (TPSA) is 102 Å². The third-order valence-corrected chi connectivity index (χ3v) is 5.35. The third kappa shape index (κ3) is 4.94. The summed E-state index contributed by atoms with van der Waals surface area (Å²) in [5.74, 6) is 0.361. The second-order valence-corrected chi connectivity index (χ2v) is 7.89. The number of aromatic nitrogens is 1. The highest BCUT2D eigenvalue weighted by Crippen LogP contribution is 2.40. The quantitative estimate of drug-likeness (QED) is 0.556. The number of carbonyl (C=O) groups is 2. The summed E-state index contributed by atoms with van der Waals surface area (Å²) in [6.07, 6.45) is 1.96. The molecule has 3 aromatic rings. The highest BCUT2D eigenvalue weighted by atomic mass is 16.5. The number of aromatic carboxylic acids is 1. The number of carbonyl (C=O) groups excluding carboxylic acids is 1. The Kier molecular flexibility index (Phi) is 5.75. The monoisotopic (exact) mass is 420 g/mol. The Labute approximate surface area is 180 Å². The summed E-state index contributed by atoms with van der Waals surface area (Å²) in [5, 5.41) is 15.8. The van der Waals surface area contributed by atoms with Crippen LogP contribution in [0.1, 0.15) is 69.5 Å². The number of hydrogen-bond donors (Lipinski definition) is 2. The zero-order valence-corrected chi connectivity index (χ0v) is 17.4. The fourth-order valence-electron chi connectivity index (χ4n) is 3.49. The predicted molar refractivity (Wildman–Crippen MR) is 113 cm³/mol. The Bertz CT molecular complexity index is 1070. The summed E-state index contributed by atoms with van der Waals surface area (Å²) < 4.78 is 11.2. The van der Waals surface area contributed by atoms with Crippen LogP contribution in [0.2, 0.25) is 0 Å². The molecule has 0 bridgehead atoms. The van der Waals surface area contributed by atoms with E-state index in [2.05, 4.69) is 22.6 Å². The van der Waals surface area contributed by atoms with E-state index in [-0.39, 0.29) is 17.2 Å². The molecule has 0 radical (unpaired) electrons. The van der Waals surface area contributed by atoms with Crippen molar-refractivity contribution in [3.8, 4) is 5.75 Å². The third-order valence-electron chi connectivity index (χ3n) is 5.35. The molecule has 1 heterocycles. The van der Waals surface area contributed by atoms with Crippen LogP contribution in [0, 0.1) is 6.92 Å². The van der Waals surface area contributed by atoms with Crippen molar-refractivity contribution in [3.05, 3.63) is 82.7 Å². The van der Waals surface area contributed by atoms with Crippen LogP contribution in [0.4, 0.5) is 0 Å². The molecule has 2 N–H and O–H groups in total. The summed E-state index contributed by atoms with van der Waals surface area (Å²) in [6.45, 7) is 3.58. The number of hydrogen-bond acceptors (Lipinski definition) is 5. The van der Waals surface area contributed by atoms with Gasteiger partial charge in [-0.2, -0.15) is 0 Å². The van der Waals surface area contributed by atoms with Crippen LogP contribution in [0.25, 0.3) is 0 Å². The van der Waals surface area contributed by atoms with Gasteiger partial charge in [0.15, 0.2) is 5.69 Å². The lowest BCUT2D eigenvalue weighted by molar-refractivity contribution is 0.0696. The van der Waals surface area contributed by atoms with Crippen molar-refractivity contribution in [1.29, 1.82) is 0 Å². The van der Waals surface area contributed by atoms with Gasteiger partial charge in [0.1, 0.15) is 17.6 Å². The van der Waals surface area contributed by atoms with Gasteiger partial charge in [0.2, 0.25) is 0 Å². The lowest BCUT2D eigenvalue weighted by Crippen LogP contribution is -2.39. The molecule has 1 saturated carbocycles. The minimum absolute atomic E-state index is 0.181. The molecule has 1 aromatic heterocycles. The average Bonchev–Trinajstić information content (AvgIpc) is 3.52. The normalized spacial score (nSPS) is 15.2. The first-order valence-corrected chi connectivity index (χ1v) is 10.2.